The standard InChI is InChI=1S/C20H16FN3O3/c1-2-11-24-20(26)17-6-4-3-5-16(17)18(23-24)12-22-19(25)13-27-15-9-7-14(21)8-10-15/h1,3-10H,11-13H2,(H,22,25). The third-order valence-electron chi connectivity index (χ3n) is 3.82. The Morgan fingerprint density at radius 2 is 1.89 bits per heavy atom. The molecule has 0 aliphatic carbocycles. The molecule has 0 spiro atoms. The first-order valence-electron chi connectivity index (χ1n) is 8.16. The lowest BCUT2D eigenvalue weighted by Crippen LogP contribution is -2.31. The molecule has 136 valence electrons. The molecule has 6 nitrogen and oxygen atoms in total. The van der Waals surface area contributed by atoms with Crippen LogP contribution in [-0.4, -0.2) is 22.3 Å². The first kappa shape index (κ1) is 18.1. The Kier molecular flexibility index (Phi) is 5.47. The van der Waals surface area contributed by atoms with Crippen molar-refractivity contribution in [2.75, 3.05) is 6.61 Å². The van der Waals surface area contributed by atoms with Crippen LogP contribution in [0.15, 0.2) is 53.3 Å². The molecule has 0 atom stereocenters. The number of carbonyl (C=O) groups is 1. The van der Waals surface area contributed by atoms with E-state index in [1.165, 1.54) is 28.9 Å². The number of carbonyl (C=O) groups excluding carboxylic acids is 1. The maximum Gasteiger partial charge on any atom is 0.275 e. The third kappa shape index (κ3) is 4.30. The van der Waals surface area contributed by atoms with Gasteiger partial charge in [-0.15, -0.1) is 6.42 Å². The molecule has 0 aliphatic heterocycles. The zero-order valence-electron chi connectivity index (χ0n) is 14.3. The molecule has 1 heterocycles. The van der Waals surface area contributed by atoms with Crippen LogP contribution in [0, 0.1) is 18.2 Å². The predicted molar refractivity (Wildman–Crippen MR) is 98.6 cm³/mol. The van der Waals surface area contributed by atoms with Crippen molar-refractivity contribution in [1.29, 1.82) is 0 Å². The number of amides is 1. The Morgan fingerprint density at radius 1 is 1.19 bits per heavy atom. The van der Waals surface area contributed by atoms with Gasteiger partial charge in [-0.1, -0.05) is 24.1 Å². The summed E-state index contributed by atoms with van der Waals surface area (Å²) in [4.78, 5) is 24.4. The van der Waals surface area contributed by atoms with Crippen molar-refractivity contribution < 1.29 is 13.9 Å². The van der Waals surface area contributed by atoms with E-state index >= 15 is 0 Å². The number of fused-ring (bicyclic) bond motifs is 1. The summed E-state index contributed by atoms with van der Waals surface area (Å²) in [5.41, 5.74) is 0.244. The molecule has 1 amide bonds. The van der Waals surface area contributed by atoms with Crippen molar-refractivity contribution in [3.8, 4) is 18.1 Å². The lowest BCUT2D eigenvalue weighted by atomic mass is 10.1. The van der Waals surface area contributed by atoms with Gasteiger partial charge in [-0.3, -0.25) is 9.59 Å². The summed E-state index contributed by atoms with van der Waals surface area (Å²) in [6, 6.07) is 12.4. The van der Waals surface area contributed by atoms with Crippen LogP contribution in [0.3, 0.4) is 0 Å². The summed E-state index contributed by atoms with van der Waals surface area (Å²) >= 11 is 0. The quantitative estimate of drug-likeness (QED) is 0.677. The van der Waals surface area contributed by atoms with E-state index in [2.05, 4.69) is 16.3 Å². The summed E-state index contributed by atoms with van der Waals surface area (Å²) < 4.78 is 19.4. The second kappa shape index (κ2) is 8.15. The second-order valence-corrected chi connectivity index (χ2v) is 5.68. The highest BCUT2D eigenvalue weighted by Gasteiger charge is 2.11. The van der Waals surface area contributed by atoms with E-state index in [0.717, 1.165) is 0 Å². The summed E-state index contributed by atoms with van der Waals surface area (Å²) in [5.74, 6) is 2.02. The minimum atomic E-state index is -0.383. The summed E-state index contributed by atoms with van der Waals surface area (Å²) in [6.45, 7) is -0.0805. The molecule has 0 saturated heterocycles. The predicted octanol–water partition coefficient (Wildman–Crippen LogP) is 1.86. The monoisotopic (exact) mass is 365 g/mol. The molecule has 1 aromatic heterocycles. The van der Waals surface area contributed by atoms with E-state index in [0.29, 0.717) is 22.2 Å². The maximum absolute atomic E-state index is 12.9. The molecule has 2 aromatic carbocycles. The van der Waals surface area contributed by atoms with Crippen molar-refractivity contribution in [3.05, 3.63) is 70.4 Å². The van der Waals surface area contributed by atoms with E-state index in [-0.39, 0.29) is 37.0 Å². The summed E-state index contributed by atoms with van der Waals surface area (Å²) in [5, 5.41) is 8.08. The maximum atomic E-state index is 12.9. The molecule has 3 aromatic rings. The average Bonchev–Trinajstić information content (AvgIpc) is 2.69. The molecule has 0 radical (unpaired) electrons. The van der Waals surface area contributed by atoms with Crippen LogP contribution >= 0.6 is 0 Å². The van der Waals surface area contributed by atoms with Gasteiger partial charge in [0.05, 0.1) is 17.6 Å². The number of rotatable bonds is 6. The lowest BCUT2D eigenvalue weighted by molar-refractivity contribution is -0.123. The molecule has 0 unspecified atom stereocenters. The normalized spacial score (nSPS) is 10.4. The van der Waals surface area contributed by atoms with Crippen molar-refractivity contribution in [2.24, 2.45) is 0 Å². The number of nitrogens with one attached hydrogen (secondary N) is 1. The van der Waals surface area contributed by atoms with Gasteiger partial charge < -0.3 is 10.1 Å². The molecule has 0 bridgehead atoms. The fraction of sp³-hybridized carbons (Fsp3) is 0.150. The number of benzene rings is 2. The lowest BCUT2D eigenvalue weighted by Gasteiger charge is -2.11. The van der Waals surface area contributed by atoms with Crippen molar-refractivity contribution >= 4 is 16.7 Å². The Hall–Kier alpha value is -3.66. The van der Waals surface area contributed by atoms with Gasteiger partial charge in [0.25, 0.3) is 11.5 Å². The molecule has 0 aliphatic rings. The molecule has 1 N–H and O–H groups in total. The van der Waals surface area contributed by atoms with Gasteiger partial charge in [-0.05, 0) is 30.3 Å². The minimum Gasteiger partial charge on any atom is -0.484 e. The van der Waals surface area contributed by atoms with Gasteiger partial charge in [0.15, 0.2) is 6.61 Å². The average molecular weight is 365 g/mol. The molecule has 7 heteroatoms. The van der Waals surface area contributed by atoms with Crippen LogP contribution in [0.5, 0.6) is 5.75 Å². The van der Waals surface area contributed by atoms with Crippen LogP contribution in [0.1, 0.15) is 5.69 Å². The van der Waals surface area contributed by atoms with Gasteiger partial charge in [-0.2, -0.15) is 5.10 Å². The largest absolute Gasteiger partial charge is 0.484 e. The van der Waals surface area contributed by atoms with Crippen molar-refractivity contribution in [3.63, 3.8) is 0 Å². The number of ether oxygens (including phenoxy) is 1. The van der Waals surface area contributed by atoms with Crippen LogP contribution in [0.25, 0.3) is 10.8 Å². The zero-order valence-corrected chi connectivity index (χ0v) is 14.3. The Labute approximate surface area is 154 Å². The van der Waals surface area contributed by atoms with Gasteiger partial charge >= 0.3 is 0 Å². The molecule has 3 rings (SSSR count). The molecule has 0 saturated carbocycles. The van der Waals surface area contributed by atoms with Gasteiger partial charge in [0.2, 0.25) is 0 Å². The number of nitrogens with zero attached hydrogens (tertiary/aromatic N) is 2. The van der Waals surface area contributed by atoms with Crippen LogP contribution in [-0.2, 0) is 17.9 Å². The summed E-state index contributed by atoms with van der Waals surface area (Å²) in [7, 11) is 0. The van der Waals surface area contributed by atoms with Gasteiger partial charge in [-0.25, -0.2) is 9.07 Å². The van der Waals surface area contributed by atoms with Crippen LogP contribution < -0.4 is 15.6 Å². The topological polar surface area (TPSA) is 73.2 Å². The Bertz CT molecular complexity index is 1070. The Morgan fingerprint density at radius 3 is 2.59 bits per heavy atom. The highest BCUT2D eigenvalue weighted by atomic mass is 19.1. The third-order valence-corrected chi connectivity index (χ3v) is 3.82. The number of aromatic nitrogens is 2. The zero-order chi connectivity index (χ0) is 19.2. The molecule has 27 heavy (non-hydrogen) atoms. The fourth-order valence-corrected chi connectivity index (χ4v) is 2.54. The number of hydrogen-bond acceptors (Lipinski definition) is 4. The minimum absolute atomic E-state index is 0.0400. The highest BCUT2D eigenvalue weighted by Crippen LogP contribution is 2.13. The SMILES string of the molecule is C#CCn1nc(CNC(=O)COc2ccc(F)cc2)c2ccccc2c1=O. The van der Waals surface area contributed by atoms with Crippen LogP contribution in [0.2, 0.25) is 0 Å². The summed E-state index contributed by atoms with van der Waals surface area (Å²) in [6.07, 6.45) is 5.29. The molecule has 0 fully saturated rings. The second-order valence-electron chi connectivity index (χ2n) is 5.68. The molecular formula is C20H16FN3O3. The number of halogens is 1. The van der Waals surface area contributed by atoms with Gasteiger partial charge in [0, 0.05) is 5.39 Å². The first-order chi connectivity index (χ1) is 13.1. The van der Waals surface area contributed by atoms with E-state index in [4.69, 9.17) is 11.2 Å². The van der Waals surface area contributed by atoms with Crippen LogP contribution in [0.4, 0.5) is 4.39 Å². The molecular weight excluding hydrogens is 349 g/mol. The van der Waals surface area contributed by atoms with E-state index < -0.39 is 0 Å². The first-order valence-corrected chi connectivity index (χ1v) is 8.16. The number of hydrogen-bond donors (Lipinski definition) is 1. The Balaban J connectivity index is 1.71. The van der Waals surface area contributed by atoms with Crippen molar-refractivity contribution in [2.45, 2.75) is 13.1 Å². The van der Waals surface area contributed by atoms with Crippen molar-refractivity contribution in [1.82, 2.24) is 15.1 Å². The van der Waals surface area contributed by atoms with E-state index in [9.17, 15) is 14.0 Å². The van der Waals surface area contributed by atoms with E-state index in [1.54, 1.807) is 24.3 Å². The van der Waals surface area contributed by atoms with E-state index in [1.807, 2.05) is 0 Å². The number of terminal acetylenes is 1. The van der Waals surface area contributed by atoms with Gasteiger partial charge in [0.1, 0.15) is 18.1 Å². The smallest absolute Gasteiger partial charge is 0.275 e. The highest BCUT2D eigenvalue weighted by molar-refractivity contribution is 5.84. The fourth-order valence-electron chi connectivity index (χ4n) is 2.54.